The fraction of sp³-hybridized carbons (Fsp3) is 0.188. The third-order valence-electron chi connectivity index (χ3n) is 3.02. The number of benzene rings is 2. The van der Waals surface area contributed by atoms with Crippen LogP contribution in [-0.2, 0) is 4.79 Å². The maximum Gasteiger partial charge on any atom is 0.243 e. The minimum atomic E-state index is -0.411. The fourth-order valence-electron chi connectivity index (χ4n) is 1.95. The molecule has 0 fully saturated rings. The third-order valence-corrected chi connectivity index (χ3v) is 3.02. The SMILES string of the molecule is COc1cc(F)ccc1NC(=O)CN(C)c1ccccc1. The first-order valence-corrected chi connectivity index (χ1v) is 6.49. The van der Waals surface area contributed by atoms with Gasteiger partial charge in [0.15, 0.2) is 0 Å². The largest absolute Gasteiger partial charge is 0.494 e. The van der Waals surface area contributed by atoms with Crippen molar-refractivity contribution >= 4 is 17.3 Å². The molecule has 110 valence electrons. The lowest BCUT2D eigenvalue weighted by Gasteiger charge is -2.19. The van der Waals surface area contributed by atoms with Crippen LogP contribution in [0, 0.1) is 5.82 Å². The second-order valence-corrected chi connectivity index (χ2v) is 4.58. The third kappa shape index (κ3) is 3.95. The lowest BCUT2D eigenvalue weighted by Crippen LogP contribution is -2.30. The number of carbonyl (C=O) groups excluding carboxylic acids is 1. The molecule has 0 bridgehead atoms. The van der Waals surface area contributed by atoms with Crippen molar-refractivity contribution in [2.24, 2.45) is 0 Å². The van der Waals surface area contributed by atoms with E-state index in [0.29, 0.717) is 11.4 Å². The normalized spacial score (nSPS) is 10.0. The summed E-state index contributed by atoms with van der Waals surface area (Å²) in [5.41, 5.74) is 1.39. The molecule has 0 unspecified atom stereocenters. The average molecular weight is 288 g/mol. The molecular weight excluding hydrogens is 271 g/mol. The van der Waals surface area contributed by atoms with Crippen molar-refractivity contribution in [3.05, 3.63) is 54.3 Å². The van der Waals surface area contributed by atoms with E-state index in [9.17, 15) is 9.18 Å². The Morgan fingerprint density at radius 3 is 2.62 bits per heavy atom. The number of methoxy groups -OCH3 is 1. The summed E-state index contributed by atoms with van der Waals surface area (Å²) in [6, 6.07) is 13.6. The van der Waals surface area contributed by atoms with Crippen LogP contribution in [0.4, 0.5) is 15.8 Å². The highest BCUT2D eigenvalue weighted by Gasteiger charge is 2.11. The van der Waals surface area contributed by atoms with Gasteiger partial charge < -0.3 is 15.0 Å². The number of ether oxygens (including phenoxy) is 1. The smallest absolute Gasteiger partial charge is 0.243 e. The molecule has 0 atom stereocenters. The van der Waals surface area contributed by atoms with E-state index in [2.05, 4.69) is 5.32 Å². The molecule has 0 aromatic heterocycles. The topological polar surface area (TPSA) is 41.6 Å². The summed E-state index contributed by atoms with van der Waals surface area (Å²) < 4.78 is 18.2. The number of nitrogens with one attached hydrogen (secondary N) is 1. The zero-order valence-electron chi connectivity index (χ0n) is 12.0. The van der Waals surface area contributed by atoms with Gasteiger partial charge in [0.25, 0.3) is 0 Å². The van der Waals surface area contributed by atoms with E-state index in [1.165, 1.54) is 25.3 Å². The van der Waals surface area contributed by atoms with Gasteiger partial charge in [0.2, 0.25) is 5.91 Å². The summed E-state index contributed by atoms with van der Waals surface area (Å²) in [6.07, 6.45) is 0. The summed E-state index contributed by atoms with van der Waals surface area (Å²) in [6.45, 7) is 0.185. The maximum atomic E-state index is 13.1. The van der Waals surface area contributed by atoms with Crippen molar-refractivity contribution in [3.8, 4) is 5.75 Å². The molecule has 1 N–H and O–H groups in total. The second-order valence-electron chi connectivity index (χ2n) is 4.58. The molecule has 5 heteroatoms. The molecule has 21 heavy (non-hydrogen) atoms. The molecule has 2 aromatic rings. The molecule has 0 spiro atoms. The van der Waals surface area contributed by atoms with E-state index >= 15 is 0 Å². The number of likely N-dealkylation sites (N-methyl/N-ethyl adjacent to an activating group) is 1. The van der Waals surface area contributed by atoms with Crippen LogP contribution in [0.5, 0.6) is 5.75 Å². The van der Waals surface area contributed by atoms with Crippen LogP contribution in [0.25, 0.3) is 0 Å². The van der Waals surface area contributed by atoms with E-state index in [1.54, 1.807) is 0 Å². The number of nitrogens with zero attached hydrogens (tertiary/aromatic N) is 1. The molecule has 2 rings (SSSR count). The van der Waals surface area contributed by atoms with E-state index in [4.69, 9.17) is 4.74 Å². The number of halogens is 1. The highest BCUT2D eigenvalue weighted by atomic mass is 19.1. The molecule has 0 aliphatic heterocycles. The standard InChI is InChI=1S/C16H17FN2O2/c1-19(13-6-4-3-5-7-13)11-16(20)18-14-9-8-12(17)10-15(14)21-2/h3-10H,11H2,1-2H3,(H,18,20). The highest BCUT2D eigenvalue weighted by molar-refractivity contribution is 5.95. The first-order chi connectivity index (χ1) is 10.1. The summed E-state index contributed by atoms with van der Waals surface area (Å²) in [5.74, 6) is -0.316. The van der Waals surface area contributed by atoms with E-state index in [1.807, 2.05) is 42.3 Å². The number of anilines is 2. The van der Waals surface area contributed by atoms with Crippen molar-refractivity contribution in [1.29, 1.82) is 0 Å². The van der Waals surface area contributed by atoms with Crippen molar-refractivity contribution < 1.29 is 13.9 Å². The van der Waals surface area contributed by atoms with Crippen LogP contribution in [0.2, 0.25) is 0 Å². The Balaban J connectivity index is 2.02. The number of rotatable bonds is 5. The molecule has 0 aliphatic carbocycles. The van der Waals surface area contributed by atoms with Crippen molar-refractivity contribution in [1.82, 2.24) is 0 Å². The first-order valence-electron chi connectivity index (χ1n) is 6.49. The van der Waals surface area contributed by atoms with Gasteiger partial charge in [0, 0.05) is 18.8 Å². The average Bonchev–Trinajstić information content (AvgIpc) is 2.49. The lowest BCUT2D eigenvalue weighted by atomic mass is 10.2. The summed E-state index contributed by atoms with van der Waals surface area (Å²) in [5, 5.41) is 2.72. The van der Waals surface area contributed by atoms with Crippen molar-refractivity contribution in [2.45, 2.75) is 0 Å². The van der Waals surface area contributed by atoms with Gasteiger partial charge in [-0.15, -0.1) is 0 Å². The molecule has 2 aromatic carbocycles. The highest BCUT2D eigenvalue weighted by Crippen LogP contribution is 2.24. The zero-order valence-corrected chi connectivity index (χ0v) is 12.0. The number of para-hydroxylation sites is 1. The van der Waals surface area contributed by atoms with Gasteiger partial charge >= 0.3 is 0 Å². The van der Waals surface area contributed by atoms with E-state index < -0.39 is 5.82 Å². The lowest BCUT2D eigenvalue weighted by molar-refractivity contribution is -0.114. The summed E-state index contributed by atoms with van der Waals surface area (Å²) in [4.78, 5) is 13.9. The summed E-state index contributed by atoms with van der Waals surface area (Å²) >= 11 is 0. The van der Waals surface area contributed by atoms with Gasteiger partial charge in [0.05, 0.1) is 19.3 Å². The molecule has 0 aliphatic rings. The van der Waals surface area contributed by atoms with Gasteiger partial charge in [-0.3, -0.25) is 4.79 Å². The van der Waals surface area contributed by atoms with Crippen LogP contribution in [0.3, 0.4) is 0 Å². The van der Waals surface area contributed by atoms with E-state index in [0.717, 1.165) is 5.69 Å². The first kappa shape index (κ1) is 14.8. The van der Waals surface area contributed by atoms with Crippen molar-refractivity contribution in [3.63, 3.8) is 0 Å². The van der Waals surface area contributed by atoms with Gasteiger partial charge in [-0.2, -0.15) is 0 Å². The molecule has 0 saturated heterocycles. The maximum absolute atomic E-state index is 13.1. The Hall–Kier alpha value is -2.56. The second kappa shape index (κ2) is 6.74. The Morgan fingerprint density at radius 1 is 1.24 bits per heavy atom. The quantitative estimate of drug-likeness (QED) is 0.919. The molecule has 1 amide bonds. The number of hydrogen-bond acceptors (Lipinski definition) is 3. The van der Waals surface area contributed by atoms with Crippen LogP contribution < -0.4 is 15.0 Å². The molecule has 0 saturated carbocycles. The van der Waals surface area contributed by atoms with Gasteiger partial charge in [0.1, 0.15) is 11.6 Å². The minimum absolute atomic E-state index is 0.185. The van der Waals surface area contributed by atoms with Crippen LogP contribution in [-0.4, -0.2) is 26.6 Å². The van der Waals surface area contributed by atoms with Crippen molar-refractivity contribution in [2.75, 3.05) is 30.9 Å². The number of hydrogen-bond donors (Lipinski definition) is 1. The Bertz CT molecular complexity index is 617. The van der Waals surface area contributed by atoms with Gasteiger partial charge in [-0.25, -0.2) is 4.39 Å². The summed E-state index contributed by atoms with van der Waals surface area (Å²) in [7, 11) is 3.26. The Labute approximate surface area is 123 Å². The molecule has 4 nitrogen and oxygen atoms in total. The predicted octanol–water partition coefficient (Wildman–Crippen LogP) is 2.91. The monoisotopic (exact) mass is 288 g/mol. The number of amides is 1. The molecule has 0 heterocycles. The van der Waals surface area contributed by atoms with Gasteiger partial charge in [-0.1, -0.05) is 18.2 Å². The Morgan fingerprint density at radius 2 is 1.95 bits per heavy atom. The van der Waals surface area contributed by atoms with Crippen LogP contribution in [0.15, 0.2) is 48.5 Å². The van der Waals surface area contributed by atoms with Gasteiger partial charge in [-0.05, 0) is 24.3 Å². The van der Waals surface area contributed by atoms with E-state index in [-0.39, 0.29) is 12.5 Å². The fourth-order valence-corrected chi connectivity index (χ4v) is 1.95. The zero-order chi connectivity index (χ0) is 15.2. The number of carbonyl (C=O) groups is 1. The molecular formula is C16H17FN2O2. The molecule has 0 radical (unpaired) electrons. The predicted molar refractivity (Wildman–Crippen MR) is 81.3 cm³/mol. The van der Waals surface area contributed by atoms with Crippen LogP contribution in [0.1, 0.15) is 0 Å². The van der Waals surface area contributed by atoms with Crippen LogP contribution >= 0.6 is 0 Å². The minimum Gasteiger partial charge on any atom is -0.494 e. The Kier molecular flexibility index (Phi) is 4.77.